The number of thiazole rings is 1. The second kappa shape index (κ2) is 10.1. The van der Waals surface area contributed by atoms with Gasteiger partial charge in [0, 0.05) is 47.9 Å². The Morgan fingerprint density at radius 2 is 1.53 bits per heavy atom. The fourth-order valence-corrected chi connectivity index (χ4v) is 5.12. The Balaban J connectivity index is 1.64. The van der Waals surface area contributed by atoms with Crippen molar-refractivity contribution in [3.63, 3.8) is 0 Å². The summed E-state index contributed by atoms with van der Waals surface area (Å²) in [7, 11) is 2.18. The molecular formula is C28H27ClN4S. The third-order valence-corrected chi connectivity index (χ3v) is 7.32. The summed E-state index contributed by atoms with van der Waals surface area (Å²) in [5, 5.41) is 2.58. The van der Waals surface area contributed by atoms with Gasteiger partial charge in [0.15, 0.2) is 0 Å². The van der Waals surface area contributed by atoms with Gasteiger partial charge < -0.3 is 9.80 Å². The van der Waals surface area contributed by atoms with Gasteiger partial charge in [0.25, 0.3) is 0 Å². The molecule has 1 aliphatic heterocycles. The molecule has 0 N–H and O–H groups in total. The highest BCUT2D eigenvalue weighted by Gasteiger charge is 2.21. The van der Waals surface area contributed by atoms with Crippen LogP contribution in [0, 0.1) is 6.92 Å². The van der Waals surface area contributed by atoms with Crippen LogP contribution in [-0.2, 0) is 0 Å². The molecule has 5 rings (SSSR count). The first-order valence-corrected chi connectivity index (χ1v) is 12.7. The van der Waals surface area contributed by atoms with Gasteiger partial charge >= 0.3 is 0 Å². The maximum atomic E-state index is 6.13. The van der Waals surface area contributed by atoms with Crippen molar-refractivity contribution in [1.82, 2.24) is 14.8 Å². The maximum absolute atomic E-state index is 6.13. The molecule has 0 aliphatic carbocycles. The van der Waals surface area contributed by atoms with Gasteiger partial charge in [-0.15, -0.1) is 0 Å². The molecule has 0 amide bonds. The number of hydrogen-bond acceptors (Lipinski definition) is 4. The highest BCUT2D eigenvalue weighted by Crippen LogP contribution is 2.40. The fraction of sp³-hybridized carbons (Fsp3) is 0.214. The Morgan fingerprint density at radius 3 is 2.21 bits per heavy atom. The summed E-state index contributed by atoms with van der Waals surface area (Å²) in [6.45, 7) is 6.06. The number of aryl methyl sites for hydroxylation is 1. The predicted molar refractivity (Wildman–Crippen MR) is 144 cm³/mol. The van der Waals surface area contributed by atoms with Crippen molar-refractivity contribution in [2.24, 2.45) is 4.99 Å². The number of rotatable bonds is 4. The van der Waals surface area contributed by atoms with Gasteiger partial charge in [-0.25, -0.2) is 9.98 Å². The molecule has 34 heavy (non-hydrogen) atoms. The van der Waals surface area contributed by atoms with Crippen molar-refractivity contribution in [1.29, 1.82) is 0 Å². The quantitative estimate of drug-likeness (QED) is 0.236. The number of hydrogen-bond donors (Lipinski definition) is 0. The predicted octanol–water partition coefficient (Wildman–Crippen LogP) is 6.76. The molecule has 3 aromatic carbocycles. The second-order valence-corrected chi connectivity index (χ2v) is 10.1. The standard InChI is InChI=1S/C28H27ClN4S/c1-20-8-10-22(11-9-20)26(33-18-16-32(2)17-19-33)31-28-25(21-6-4-3-5-7-21)30-27(34-28)23-12-14-24(29)15-13-23/h3-15H,16-19H2,1-2H3/b31-26-. The Hall–Kier alpha value is -2.99. The number of aliphatic imine (C=N–C) groups is 1. The summed E-state index contributed by atoms with van der Waals surface area (Å²) in [6.07, 6.45) is 0. The largest absolute Gasteiger partial charge is 0.354 e. The topological polar surface area (TPSA) is 31.7 Å². The van der Waals surface area contributed by atoms with E-state index in [0.29, 0.717) is 0 Å². The zero-order valence-electron chi connectivity index (χ0n) is 19.4. The van der Waals surface area contributed by atoms with E-state index in [0.717, 1.165) is 69.4 Å². The molecule has 0 unspecified atom stereocenters. The van der Waals surface area contributed by atoms with Crippen LogP contribution >= 0.6 is 22.9 Å². The average molecular weight is 487 g/mol. The number of piperazine rings is 1. The average Bonchev–Trinajstić information content (AvgIpc) is 3.29. The van der Waals surface area contributed by atoms with Crippen LogP contribution < -0.4 is 0 Å². The van der Waals surface area contributed by atoms with Gasteiger partial charge in [0.2, 0.25) is 0 Å². The minimum Gasteiger partial charge on any atom is -0.354 e. The highest BCUT2D eigenvalue weighted by atomic mass is 35.5. The molecule has 1 fully saturated rings. The summed E-state index contributed by atoms with van der Waals surface area (Å²) in [6, 6.07) is 26.8. The summed E-state index contributed by atoms with van der Waals surface area (Å²) >= 11 is 7.75. The molecule has 0 radical (unpaired) electrons. The first-order valence-electron chi connectivity index (χ1n) is 11.5. The minimum absolute atomic E-state index is 0.721. The lowest BCUT2D eigenvalue weighted by molar-refractivity contribution is 0.216. The van der Waals surface area contributed by atoms with Crippen molar-refractivity contribution in [2.45, 2.75) is 6.92 Å². The van der Waals surface area contributed by atoms with Crippen LogP contribution in [0.1, 0.15) is 11.1 Å². The molecule has 4 aromatic rings. The number of halogens is 1. The van der Waals surface area contributed by atoms with E-state index < -0.39 is 0 Å². The van der Waals surface area contributed by atoms with Gasteiger partial charge in [-0.05, 0) is 26.1 Å². The maximum Gasteiger partial charge on any atom is 0.146 e. The van der Waals surface area contributed by atoms with Gasteiger partial charge in [0.05, 0.1) is 0 Å². The minimum atomic E-state index is 0.721. The normalized spacial score (nSPS) is 15.0. The van der Waals surface area contributed by atoms with Crippen molar-refractivity contribution >= 4 is 33.8 Å². The number of benzene rings is 3. The first kappa shape index (κ1) is 22.8. The molecule has 2 heterocycles. The molecular weight excluding hydrogens is 460 g/mol. The SMILES string of the molecule is Cc1ccc(/C(=N/c2sc(-c3ccc(Cl)cc3)nc2-c2ccccc2)N2CCN(C)CC2)cc1. The third-order valence-electron chi connectivity index (χ3n) is 6.07. The molecule has 6 heteroatoms. The molecule has 0 saturated carbocycles. The van der Waals surface area contributed by atoms with Crippen LogP contribution in [0.4, 0.5) is 5.00 Å². The summed E-state index contributed by atoms with van der Waals surface area (Å²) in [5.41, 5.74) is 5.41. The summed E-state index contributed by atoms with van der Waals surface area (Å²) in [5.74, 6) is 1.01. The number of likely N-dealkylation sites (N-methyl/N-ethyl adjacent to an activating group) is 1. The summed E-state index contributed by atoms with van der Waals surface area (Å²) < 4.78 is 0. The highest BCUT2D eigenvalue weighted by molar-refractivity contribution is 7.19. The Kier molecular flexibility index (Phi) is 6.77. The molecule has 1 aromatic heterocycles. The van der Waals surface area contributed by atoms with E-state index in [2.05, 4.69) is 60.2 Å². The molecule has 0 atom stereocenters. The molecule has 1 saturated heterocycles. The molecule has 0 bridgehead atoms. The van der Waals surface area contributed by atoms with E-state index in [4.69, 9.17) is 21.6 Å². The van der Waals surface area contributed by atoms with E-state index >= 15 is 0 Å². The first-order chi connectivity index (χ1) is 16.6. The molecule has 4 nitrogen and oxygen atoms in total. The van der Waals surface area contributed by atoms with Crippen LogP contribution in [0.5, 0.6) is 0 Å². The van der Waals surface area contributed by atoms with Crippen LogP contribution in [0.25, 0.3) is 21.8 Å². The zero-order valence-corrected chi connectivity index (χ0v) is 21.0. The van der Waals surface area contributed by atoms with Gasteiger partial charge in [0.1, 0.15) is 21.5 Å². The van der Waals surface area contributed by atoms with Gasteiger partial charge in [-0.3, -0.25) is 0 Å². The van der Waals surface area contributed by atoms with E-state index in [9.17, 15) is 0 Å². The smallest absolute Gasteiger partial charge is 0.146 e. The van der Waals surface area contributed by atoms with Crippen LogP contribution in [-0.4, -0.2) is 53.8 Å². The van der Waals surface area contributed by atoms with Crippen LogP contribution in [0.2, 0.25) is 5.02 Å². The lowest BCUT2D eigenvalue weighted by atomic mass is 10.1. The Morgan fingerprint density at radius 1 is 0.853 bits per heavy atom. The van der Waals surface area contributed by atoms with Gasteiger partial charge in [-0.2, -0.15) is 0 Å². The van der Waals surface area contributed by atoms with E-state index in [-0.39, 0.29) is 0 Å². The zero-order chi connectivity index (χ0) is 23.5. The third kappa shape index (κ3) is 5.07. The molecule has 172 valence electrons. The summed E-state index contributed by atoms with van der Waals surface area (Å²) in [4.78, 5) is 15.1. The number of nitrogens with zero attached hydrogens (tertiary/aromatic N) is 4. The van der Waals surface area contributed by atoms with Gasteiger partial charge in [-0.1, -0.05) is 95.2 Å². The Labute approximate surface area is 210 Å². The van der Waals surface area contributed by atoms with Crippen LogP contribution in [0.3, 0.4) is 0 Å². The van der Waals surface area contributed by atoms with E-state index in [1.54, 1.807) is 11.3 Å². The fourth-order valence-electron chi connectivity index (χ4n) is 4.02. The van der Waals surface area contributed by atoms with E-state index in [1.165, 1.54) is 5.56 Å². The monoisotopic (exact) mass is 486 g/mol. The second-order valence-electron chi connectivity index (χ2n) is 8.64. The lowest BCUT2D eigenvalue weighted by Crippen LogP contribution is -2.47. The van der Waals surface area contributed by atoms with Crippen molar-refractivity contribution in [3.8, 4) is 21.8 Å². The van der Waals surface area contributed by atoms with Crippen LogP contribution in [0.15, 0.2) is 83.9 Å². The number of amidine groups is 1. The Bertz CT molecular complexity index is 1270. The van der Waals surface area contributed by atoms with Crippen molar-refractivity contribution in [3.05, 3.63) is 95.0 Å². The number of aromatic nitrogens is 1. The molecule has 1 aliphatic rings. The lowest BCUT2D eigenvalue weighted by Gasteiger charge is -2.34. The van der Waals surface area contributed by atoms with E-state index in [1.807, 2.05) is 42.5 Å². The van der Waals surface area contributed by atoms with Crippen molar-refractivity contribution in [2.75, 3.05) is 33.2 Å². The molecule has 0 spiro atoms. The van der Waals surface area contributed by atoms with Crippen molar-refractivity contribution < 1.29 is 0 Å².